The van der Waals surface area contributed by atoms with Crippen LogP contribution in [0.4, 0.5) is 8.78 Å². The number of hydrogen-bond acceptors (Lipinski definition) is 2. The predicted molar refractivity (Wildman–Crippen MR) is 51.8 cm³/mol. The standard InChI is InChI=1S/C9H7BrF2O3/c1-4(9(13)14)15-8-6(11)2-5(10)3-7(8)12/h2-4H,1H3,(H,13,14)/t4-/m1/s1. The van der Waals surface area contributed by atoms with Gasteiger partial charge in [0, 0.05) is 4.47 Å². The first-order valence-corrected chi connectivity index (χ1v) is 4.75. The molecule has 3 nitrogen and oxygen atoms in total. The van der Waals surface area contributed by atoms with Crippen LogP contribution in [0.2, 0.25) is 0 Å². The average molecular weight is 281 g/mol. The second kappa shape index (κ2) is 4.57. The molecule has 0 saturated heterocycles. The van der Waals surface area contributed by atoms with Crippen molar-refractivity contribution in [2.75, 3.05) is 0 Å². The Hall–Kier alpha value is -1.17. The highest BCUT2D eigenvalue weighted by Crippen LogP contribution is 2.26. The molecule has 0 radical (unpaired) electrons. The van der Waals surface area contributed by atoms with Crippen LogP contribution in [-0.2, 0) is 4.79 Å². The van der Waals surface area contributed by atoms with E-state index in [4.69, 9.17) is 5.11 Å². The van der Waals surface area contributed by atoms with Gasteiger partial charge in [-0.2, -0.15) is 0 Å². The number of carboxylic acid groups (broad SMARTS) is 1. The maximum Gasteiger partial charge on any atom is 0.344 e. The molecule has 0 fully saturated rings. The van der Waals surface area contributed by atoms with E-state index in [9.17, 15) is 13.6 Å². The van der Waals surface area contributed by atoms with Crippen LogP contribution in [0.1, 0.15) is 6.92 Å². The van der Waals surface area contributed by atoms with Gasteiger partial charge in [-0.25, -0.2) is 13.6 Å². The molecule has 0 bridgehead atoms. The second-order valence-corrected chi connectivity index (χ2v) is 3.71. The van der Waals surface area contributed by atoms with Crippen LogP contribution in [0.25, 0.3) is 0 Å². The van der Waals surface area contributed by atoms with E-state index in [2.05, 4.69) is 20.7 Å². The van der Waals surface area contributed by atoms with E-state index in [0.29, 0.717) is 0 Å². The summed E-state index contributed by atoms with van der Waals surface area (Å²) in [5.74, 6) is -3.88. The van der Waals surface area contributed by atoms with Crippen molar-refractivity contribution in [1.82, 2.24) is 0 Å². The third kappa shape index (κ3) is 2.89. The summed E-state index contributed by atoms with van der Waals surface area (Å²) in [4.78, 5) is 10.4. The maximum absolute atomic E-state index is 13.1. The molecule has 0 aliphatic heterocycles. The molecule has 0 amide bonds. The van der Waals surface area contributed by atoms with Crippen molar-refractivity contribution in [1.29, 1.82) is 0 Å². The highest BCUT2D eigenvalue weighted by molar-refractivity contribution is 9.10. The molecule has 1 aromatic rings. The quantitative estimate of drug-likeness (QED) is 0.926. The summed E-state index contributed by atoms with van der Waals surface area (Å²) >= 11 is 2.89. The van der Waals surface area contributed by atoms with E-state index in [0.717, 1.165) is 12.1 Å². The zero-order valence-corrected chi connectivity index (χ0v) is 9.22. The van der Waals surface area contributed by atoms with Gasteiger partial charge in [-0.1, -0.05) is 15.9 Å². The summed E-state index contributed by atoms with van der Waals surface area (Å²) in [6.45, 7) is 1.18. The van der Waals surface area contributed by atoms with Gasteiger partial charge >= 0.3 is 5.97 Å². The molecule has 1 rings (SSSR count). The topological polar surface area (TPSA) is 46.5 Å². The highest BCUT2D eigenvalue weighted by atomic mass is 79.9. The Kier molecular flexibility index (Phi) is 3.62. The first-order chi connectivity index (χ1) is 6.91. The van der Waals surface area contributed by atoms with Crippen LogP contribution in [0.3, 0.4) is 0 Å². The molecule has 0 aliphatic carbocycles. The fourth-order valence-corrected chi connectivity index (χ4v) is 1.27. The average Bonchev–Trinajstić information content (AvgIpc) is 2.10. The third-order valence-electron chi connectivity index (χ3n) is 1.61. The fourth-order valence-electron chi connectivity index (χ4n) is 0.869. The Balaban J connectivity index is 3.00. The van der Waals surface area contributed by atoms with Gasteiger partial charge in [-0.15, -0.1) is 0 Å². The van der Waals surface area contributed by atoms with Gasteiger partial charge in [-0.3, -0.25) is 0 Å². The highest BCUT2D eigenvalue weighted by Gasteiger charge is 2.19. The Morgan fingerprint density at radius 2 is 1.93 bits per heavy atom. The molecule has 15 heavy (non-hydrogen) atoms. The van der Waals surface area contributed by atoms with Crippen molar-refractivity contribution in [2.45, 2.75) is 13.0 Å². The first-order valence-electron chi connectivity index (χ1n) is 3.96. The van der Waals surface area contributed by atoms with E-state index in [1.807, 2.05) is 0 Å². The molecular weight excluding hydrogens is 274 g/mol. The summed E-state index contributed by atoms with van der Waals surface area (Å²) in [7, 11) is 0. The number of hydrogen-bond donors (Lipinski definition) is 1. The molecule has 0 aliphatic rings. The van der Waals surface area contributed by atoms with Crippen molar-refractivity contribution >= 4 is 21.9 Å². The number of carboxylic acids is 1. The molecule has 0 aromatic heterocycles. The zero-order valence-electron chi connectivity index (χ0n) is 7.63. The van der Waals surface area contributed by atoms with Crippen LogP contribution < -0.4 is 4.74 Å². The largest absolute Gasteiger partial charge is 0.479 e. The minimum Gasteiger partial charge on any atom is -0.479 e. The summed E-state index contributed by atoms with van der Waals surface area (Å²) in [6.07, 6.45) is -1.31. The Labute approximate surface area is 92.8 Å². The monoisotopic (exact) mass is 280 g/mol. The molecule has 0 spiro atoms. The summed E-state index contributed by atoms with van der Waals surface area (Å²) in [6, 6.07) is 1.99. The number of carbonyl (C=O) groups is 1. The van der Waals surface area contributed by atoms with Gasteiger partial charge in [-0.05, 0) is 19.1 Å². The van der Waals surface area contributed by atoms with Gasteiger partial charge < -0.3 is 9.84 Å². The van der Waals surface area contributed by atoms with Crippen LogP contribution >= 0.6 is 15.9 Å². The van der Waals surface area contributed by atoms with Gasteiger partial charge in [0.2, 0.25) is 0 Å². The summed E-state index contributed by atoms with van der Waals surface area (Å²) in [5.41, 5.74) is 0. The van der Waals surface area contributed by atoms with Crippen LogP contribution in [0.15, 0.2) is 16.6 Å². The summed E-state index contributed by atoms with van der Waals surface area (Å²) < 4.78 is 31.1. The Bertz CT molecular complexity index is 372. The van der Waals surface area contributed by atoms with Gasteiger partial charge in [0.05, 0.1) is 0 Å². The molecule has 1 aromatic carbocycles. The van der Waals surface area contributed by atoms with Gasteiger partial charge in [0.25, 0.3) is 0 Å². The van der Waals surface area contributed by atoms with E-state index in [-0.39, 0.29) is 4.47 Å². The van der Waals surface area contributed by atoms with Crippen LogP contribution in [0.5, 0.6) is 5.75 Å². The van der Waals surface area contributed by atoms with Crippen molar-refractivity contribution in [2.24, 2.45) is 0 Å². The Morgan fingerprint density at radius 3 is 2.33 bits per heavy atom. The fraction of sp³-hybridized carbons (Fsp3) is 0.222. The zero-order chi connectivity index (χ0) is 11.6. The molecule has 0 unspecified atom stereocenters. The molecule has 1 N–H and O–H groups in total. The molecule has 1 atom stereocenters. The van der Waals surface area contributed by atoms with Crippen molar-refractivity contribution < 1.29 is 23.4 Å². The normalized spacial score (nSPS) is 12.3. The lowest BCUT2D eigenvalue weighted by Crippen LogP contribution is -2.23. The summed E-state index contributed by atoms with van der Waals surface area (Å²) in [5, 5.41) is 8.50. The van der Waals surface area contributed by atoms with Crippen LogP contribution in [0, 0.1) is 11.6 Å². The third-order valence-corrected chi connectivity index (χ3v) is 2.06. The lowest BCUT2D eigenvalue weighted by atomic mass is 10.3. The van der Waals surface area contributed by atoms with Crippen molar-refractivity contribution in [3.05, 3.63) is 28.2 Å². The number of ether oxygens (including phenoxy) is 1. The first kappa shape index (κ1) is 11.9. The second-order valence-electron chi connectivity index (χ2n) is 2.80. The number of benzene rings is 1. The molecule has 0 heterocycles. The van der Waals surface area contributed by atoms with E-state index in [1.165, 1.54) is 6.92 Å². The predicted octanol–water partition coefficient (Wildman–Crippen LogP) is 2.58. The SMILES string of the molecule is C[C@@H](Oc1c(F)cc(Br)cc1F)C(=O)O. The minimum absolute atomic E-state index is 0.216. The smallest absolute Gasteiger partial charge is 0.344 e. The number of rotatable bonds is 3. The maximum atomic E-state index is 13.1. The molecule has 82 valence electrons. The minimum atomic E-state index is -1.31. The molecular formula is C9H7BrF2O3. The lowest BCUT2D eigenvalue weighted by Gasteiger charge is -2.11. The molecule has 0 saturated carbocycles. The van der Waals surface area contributed by atoms with Gasteiger partial charge in [0.15, 0.2) is 23.5 Å². The van der Waals surface area contributed by atoms with E-state index >= 15 is 0 Å². The van der Waals surface area contributed by atoms with E-state index < -0.39 is 29.5 Å². The number of aliphatic carboxylic acids is 1. The number of halogens is 3. The molecule has 6 heteroatoms. The van der Waals surface area contributed by atoms with Crippen molar-refractivity contribution in [3.63, 3.8) is 0 Å². The Morgan fingerprint density at radius 1 is 1.47 bits per heavy atom. The lowest BCUT2D eigenvalue weighted by molar-refractivity contribution is -0.144. The van der Waals surface area contributed by atoms with Gasteiger partial charge in [0.1, 0.15) is 0 Å². The van der Waals surface area contributed by atoms with E-state index in [1.54, 1.807) is 0 Å². The van der Waals surface area contributed by atoms with Crippen LogP contribution in [-0.4, -0.2) is 17.2 Å². The van der Waals surface area contributed by atoms with Crippen molar-refractivity contribution in [3.8, 4) is 5.75 Å².